The van der Waals surface area contributed by atoms with Crippen molar-refractivity contribution < 1.29 is 143 Å². The summed E-state index contributed by atoms with van der Waals surface area (Å²) in [7, 11) is -0.704. The molecule has 107 heavy (non-hydrogen) atoms. The predicted octanol–water partition coefficient (Wildman–Crippen LogP) is 20.9. The molecular weight excluding hydrogens is 1700 g/mol. The Morgan fingerprint density at radius 2 is 0.570 bits per heavy atom. The molecule has 30 heteroatoms. The summed E-state index contributed by atoms with van der Waals surface area (Å²) in [5.41, 5.74) is -26.4. The van der Waals surface area contributed by atoms with E-state index in [0.29, 0.717) is 0 Å². The van der Waals surface area contributed by atoms with Crippen LogP contribution in [0.2, 0.25) is 0 Å². The number of benzene rings is 8. The molecule has 3 saturated carbocycles. The summed E-state index contributed by atoms with van der Waals surface area (Å²) in [5, 5.41) is 6.51. The first-order valence-electron chi connectivity index (χ1n) is 31.6. The van der Waals surface area contributed by atoms with Gasteiger partial charge in [0.1, 0.15) is 18.0 Å². The van der Waals surface area contributed by atoms with Crippen molar-refractivity contribution >= 4 is 52.4 Å². The molecule has 1 aliphatic heterocycles. The molecule has 8 aromatic carbocycles. The van der Waals surface area contributed by atoms with E-state index in [1.807, 2.05) is 32.1 Å². The van der Waals surface area contributed by atoms with Gasteiger partial charge < -0.3 is 5.32 Å². The molecule has 565 valence electrons. The third-order valence-electron chi connectivity index (χ3n) is 16.8. The first-order chi connectivity index (χ1) is 49.1. The molecule has 4 aliphatic rings. The van der Waals surface area contributed by atoms with E-state index in [2.05, 4.69) is 172 Å². The largest absolute Gasteiger partial charge is 2.00 e. The first kappa shape index (κ1) is 87.4. The van der Waals surface area contributed by atoms with Gasteiger partial charge in [0.25, 0.3) is 0 Å². The van der Waals surface area contributed by atoms with Crippen LogP contribution >= 0.6 is 7.92 Å². The number of amidine groups is 1. The van der Waals surface area contributed by atoms with Gasteiger partial charge in [0.2, 0.25) is 0 Å². The van der Waals surface area contributed by atoms with Gasteiger partial charge in [-0.05, 0) is 157 Å². The molecule has 0 aromatic heterocycles. The van der Waals surface area contributed by atoms with Crippen LogP contribution in [0.25, 0.3) is 0 Å². The number of nitrogens with zero attached hydrogens (tertiary/aromatic N) is 1. The summed E-state index contributed by atoms with van der Waals surface area (Å²) in [6.07, 6.45) is -24.1. The molecule has 1 heterocycles. The number of halogens is 24. The molecule has 0 amide bonds. The zero-order chi connectivity index (χ0) is 76.6. The van der Waals surface area contributed by atoms with E-state index < -0.39 is 203 Å². The fourth-order valence-corrected chi connectivity index (χ4v) is 14.6. The number of hydrogen-bond acceptors (Lipinski definition) is 2. The van der Waals surface area contributed by atoms with Crippen molar-refractivity contribution in [3.05, 3.63) is 338 Å². The van der Waals surface area contributed by atoms with Gasteiger partial charge in [-0.3, -0.25) is 4.99 Å². The molecule has 1 N–H and O–H groups in total. The van der Waals surface area contributed by atoms with Crippen LogP contribution in [0, 0.1) is 88.6 Å². The van der Waals surface area contributed by atoms with E-state index in [-0.39, 0.29) is 49.3 Å². The average Bonchev–Trinajstić information content (AvgIpc) is 1.45. The first-order valence-corrected chi connectivity index (χ1v) is 32.9. The maximum atomic E-state index is 14.2. The Hall–Kier alpha value is -6.79. The second-order valence-electron chi connectivity index (χ2n) is 24.0. The van der Waals surface area contributed by atoms with E-state index in [1.54, 1.807) is 0 Å². The molecule has 15 radical (unpaired) electrons. The minimum absolute atomic E-state index is 0. The van der Waals surface area contributed by atoms with Crippen molar-refractivity contribution in [1.82, 2.24) is 5.32 Å². The van der Waals surface area contributed by atoms with Crippen LogP contribution in [0.1, 0.15) is 93.4 Å². The van der Waals surface area contributed by atoms with Crippen molar-refractivity contribution in [3.63, 3.8) is 0 Å². The van der Waals surface area contributed by atoms with Gasteiger partial charge in [-0.2, -0.15) is 127 Å². The molecule has 3 aliphatic carbocycles. The Bertz CT molecular complexity index is 3670. The van der Waals surface area contributed by atoms with Crippen LogP contribution in [0.4, 0.5) is 105 Å². The van der Waals surface area contributed by atoms with Crippen molar-refractivity contribution in [2.75, 3.05) is 0 Å². The van der Waals surface area contributed by atoms with Crippen LogP contribution < -0.4 is 37.8 Å². The van der Waals surface area contributed by atoms with Crippen LogP contribution in [-0.4, -0.2) is 12.0 Å². The summed E-state index contributed by atoms with van der Waals surface area (Å²) < 4.78 is 341. The molecule has 0 saturated heterocycles. The van der Waals surface area contributed by atoms with Crippen molar-refractivity contribution in [1.29, 1.82) is 0 Å². The zero-order valence-electron chi connectivity index (χ0n) is 54.6. The number of alkyl halides is 24. The summed E-state index contributed by atoms with van der Waals surface area (Å²) in [6.45, 7) is 0. The Morgan fingerprint density at radius 3 is 0.832 bits per heavy atom. The second-order valence-corrected chi connectivity index (χ2v) is 26.2. The number of nitrogens with one attached hydrogen (secondary N) is 1. The van der Waals surface area contributed by atoms with Gasteiger partial charge in [-0.25, -0.2) is 0 Å². The zero-order valence-corrected chi connectivity index (χ0v) is 59.0. The third-order valence-corrected chi connectivity index (χ3v) is 19.3. The number of aliphatic imine (C=N–C) groups is 1. The Balaban J connectivity index is 0.000000266. The second kappa shape index (κ2) is 35.9. The molecule has 3 fully saturated rings. The van der Waals surface area contributed by atoms with Gasteiger partial charge in [0.05, 0.1) is 56.5 Å². The molecule has 0 unspecified atom stereocenters. The number of hydrogen-bond donors (Lipinski definition) is 1. The quantitative estimate of drug-likeness (QED) is 0.0824. The van der Waals surface area contributed by atoms with Gasteiger partial charge in [-0.15, -0.1) is 0 Å². The van der Waals surface area contributed by atoms with E-state index in [4.69, 9.17) is 4.99 Å². The topological polar surface area (TPSA) is 24.4 Å². The van der Waals surface area contributed by atoms with Gasteiger partial charge in [0, 0.05) is 25.8 Å². The van der Waals surface area contributed by atoms with E-state index in [1.165, 1.54) is 59.0 Å². The summed E-state index contributed by atoms with van der Waals surface area (Å²) in [5.74, 6) is 2.18. The summed E-state index contributed by atoms with van der Waals surface area (Å²) in [4.78, 5) is 5.30. The average molecular weight is 1750 g/mol. The molecule has 2 atom stereocenters. The Labute approximate surface area is 627 Å². The summed E-state index contributed by atoms with van der Waals surface area (Å²) in [6, 6.07) is 34.3. The standard InChI is InChI=1S/C32H12BF24.C32H26N2P.C8H12.C5H5.Fe.Ir/c34-25(35,36)13-1-14(26(37,38)39)6-21(5-13)33(22-7-15(27(40,41)42)2-16(8-22)28(43,44)45,23-9-17(29(46,47)48)3-18(10-23)30(49,50)51)24-11-19(31(52,53)54)4-20(12-24)32(55,56)57;1-5-14-24(15-6-1)30-31(25-16-7-2-8-17-25)34-32(33-30)28-22-13-23-29(28)35(26-18-9-3-10-19-26)27-20-11-4-12-21-27;1-2-4-6-8-7-5-3-1;1-2-4-5-3-1;;/h1-12H;1-23,30-31H,(H,33,34);1-2,7-8H,3-6H2;1-5H;;/q-1;;;;+2;/t;30-,31-;;;;/m.1..../s1. The SMILES string of the molecule is FC(F)(F)c1cc([B-](c2cc(C(F)(F)F)cc(C(F)(F)F)c2)(c2cc(C(F)(F)F)cc(C(F)(F)F)c2)c2cc(C(F)(F)F)cc(C(F)(F)F)c2)cc(C(F)(F)F)c1.[CH]1[CH]CC[CH][CH]CC1.[CH]1[CH][CH][CH][CH]1.[CH]1[CH][C](C2=N[C@H](c3ccccc3)[C@@H](c3ccccc3)N2)[C](P(c2ccccc2)c2ccccc2)[CH]1.[Fe+2].[Ir]. The van der Waals surface area contributed by atoms with Crippen molar-refractivity contribution in [3.8, 4) is 0 Å². The Kier molecular flexibility index (Phi) is 29.4. The minimum atomic E-state index is -6.13. The molecule has 0 bridgehead atoms. The fraction of sp³-hybridized carbons (Fsp3) is 0.182. The van der Waals surface area contributed by atoms with Crippen molar-refractivity contribution in [2.24, 2.45) is 4.99 Å². The third kappa shape index (κ3) is 22.5. The van der Waals surface area contributed by atoms with E-state index in [9.17, 15) is 105 Å². The van der Waals surface area contributed by atoms with Gasteiger partial charge in [0.15, 0.2) is 0 Å². The molecule has 0 spiro atoms. The summed E-state index contributed by atoms with van der Waals surface area (Å²) >= 11 is 0. The van der Waals surface area contributed by atoms with Crippen LogP contribution in [0.15, 0.2) is 199 Å². The molecule has 2 nitrogen and oxygen atoms in total. The van der Waals surface area contributed by atoms with Crippen LogP contribution in [0.3, 0.4) is 0 Å². The van der Waals surface area contributed by atoms with Gasteiger partial charge in [-0.1, -0.05) is 170 Å². The monoisotopic (exact) mass is 1750 g/mol. The number of rotatable bonds is 10. The maximum Gasteiger partial charge on any atom is 2.00 e. The minimum Gasteiger partial charge on any atom is -0.364 e. The van der Waals surface area contributed by atoms with Crippen molar-refractivity contribution in [2.45, 2.75) is 87.2 Å². The smallest absolute Gasteiger partial charge is 0.364 e. The van der Waals surface area contributed by atoms with Gasteiger partial charge >= 0.3 is 66.5 Å². The molecule has 8 aromatic rings. The normalized spacial score (nSPS) is 17.3. The maximum absolute atomic E-state index is 14.2. The van der Waals surface area contributed by atoms with E-state index in [0.717, 1.165) is 5.84 Å². The molecule has 12 rings (SSSR count). The Morgan fingerprint density at radius 1 is 0.318 bits per heavy atom. The predicted molar refractivity (Wildman–Crippen MR) is 355 cm³/mol. The fourth-order valence-electron chi connectivity index (χ4n) is 12.1. The molecular formula is C77H55BF24FeIrN2P+. The van der Waals surface area contributed by atoms with E-state index >= 15 is 0 Å². The van der Waals surface area contributed by atoms with Crippen LogP contribution in [0.5, 0.6) is 0 Å². The van der Waals surface area contributed by atoms with Crippen LogP contribution in [-0.2, 0) is 86.6 Å².